The van der Waals surface area contributed by atoms with Crippen LogP contribution in [0.15, 0.2) is 60.9 Å². The van der Waals surface area contributed by atoms with E-state index in [0.717, 1.165) is 16.6 Å². The molecule has 1 amide bonds. The van der Waals surface area contributed by atoms with Crippen LogP contribution in [0.2, 0.25) is 0 Å². The molecule has 0 saturated heterocycles. The molecule has 0 fully saturated rings. The number of hydrogen-bond acceptors (Lipinski definition) is 4. The molecule has 3 rings (SSSR count). The summed E-state index contributed by atoms with van der Waals surface area (Å²) in [4.78, 5) is 20.7. The van der Waals surface area contributed by atoms with E-state index in [1.807, 2.05) is 54.6 Å². The first-order valence-electron chi connectivity index (χ1n) is 7.06. The summed E-state index contributed by atoms with van der Waals surface area (Å²) in [5, 5.41) is 6.90. The molecule has 2 N–H and O–H groups in total. The molecule has 3 aromatic rings. The molecule has 1 unspecified atom stereocenters. The van der Waals surface area contributed by atoms with E-state index in [1.54, 1.807) is 6.92 Å². The summed E-state index contributed by atoms with van der Waals surface area (Å²) in [5.74, 6) is 0.537. The molecule has 0 saturated carbocycles. The molecule has 1 atom stereocenters. The number of aromatic nitrogens is 2. The summed E-state index contributed by atoms with van der Waals surface area (Å²) < 4.78 is 0. The predicted octanol–water partition coefficient (Wildman–Crippen LogP) is 3.07. The van der Waals surface area contributed by atoms with Crippen LogP contribution in [0.4, 0.5) is 11.5 Å². The Bertz CT molecular complexity index is 784. The molecule has 1 aromatic heterocycles. The fourth-order valence-corrected chi connectivity index (χ4v) is 2.16. The number of carbonyl (C=O) groups is 1. The normalized spacial score (nSPS) is 11.9. The van der Waals surface area contributed by atoms with Crippen LogP contribution in [0, 0.1) is 0 Å². The van der Waals surface area contributed by atoms with Gasteiger partial charge in [-0.3, -0.25) is 4.79 Å². The summed E-state index contributed by atoms with van der Waals surface area (Å²) in [7, 11) is 0. The maximum atomic E-state index is 12.2. The highest BCUT2D eigenvalue weighted by atomic mass is 16.2. The van der Waals surface area contributed by atoms with Gasteiger partial charge in [0.1, 0.15) is 18.2 Å². The van der Waals surface area contributed by atoms with Crippen LogP contribution in [0.1, 0.15) is 6.92 Å². The second-order valence-electron chi connectivity index (χ2n) is 4.96. The van der Waals surface area contributed by atoms with Crippen molar-refractivity contribution in [3.63, 3.8) is 0 Å². The third-order valence-electron chi connectivity index (χ3n) is 3.33. The van der Waals surface area contributed by atoms with Crippen molar-refractivity contribution in [3.8, 4) is 0 Å². The van der Waals surface area contributed by atoms with Crippen molar-refractivity contribution in [1.82, 2.24) is 9.97 Å². The van der Waals surface area contributed by atoms with E-state index in [2.05, 4.69) is 20.6 Å². The molecule has 0 aliphatic heterocycles. The lowest BCUT2D eigenvalue weighted by molar-refractivity contribution is -0.116. The molecule has 2 aromatic carbocycles. The zero-order valence-corrected chi connectivity index (χ0v) is 12.2. The second kappa shape index (κ2) is 6.22. The van der Waals surface area contributed by atoms with Gasteiger partial charge >= 0.3 is 0 Å². The number of hydrogen-bond donors (Lipinski definition) is 2. The van der Waals surface area contributed by atoms with Crippen molar-refractivity contribution in [1.29, 1.82) is 0 Å². The first-order valence-corrected chi connectivity index (χ1v) is 7.06. The van der Waals surface area contributed by atoms with E-state index in [9.17, 15) is 4.79 Å². The Morgan fingerprint density at radius 1 is 1.00 bits per heavy atom. The highest BCUT2D eigenvalue weighted by molar-refractivity contribution is 5.98. The van der Waals surface area contributed by atoms with Crippen molar-refractivity contribution < 1.29 is 4.79 Å². The molecule has 110 valence electrons. The van der Waals surface area contributed by atoms with Crippen molar-refractivity contribution in [2.75, 3.05) is 10.6 Å². The molecule has 0 radical (unpaired) electrons. The number of carbonyl (C=O) groups excluding carboxylic acids is 1. The highest BCUT2D eigenvalue weighted by Crippen LogP contribution is 2.19. The molecule has 1 heterocycles. The number of para-hydroxylation sites is 2. The number of amides is 1. The number of benzene rings is 2. The largest absolute Gasteiger partial charge is 0.358 e. The van der Waals surface area contributed by atoms with Crippen molar-refractivity contribution in [3.05, 3.63) is 60.9 Å². The lowest BCUT2D eigenvalue weighted by atomic mass is 10.2. The summed E-state index contributed by atoms with van der Waals surface area (Å²) in [6, 6.07) is 16.6. The van der Waals surface area contributed by atoms with E-state index >= 15 is 0 Å². The third kappa shape index (κ3) is 3.03. The Balaban J connectivity index is 1.75. The van der Waals surface area contributed by atoms with E-state index in [0.29, 0.717) is 5.82 Å². The average molecular weight is 292 g/mol. The molecular formula is C17H16N4O. The highest BCUT2D eigenvalue weighted by Gasteiger charge is 2.14. The van der Waals surface area contributed by atoms with Gasteiger partial charge in [-0.1, -0.05) is 30.3 Å². The van der Waals surface area contributed by atoms with Crippen LogP contribution in [0.5, 0.6) is 0 Å². The quantitative estimate of drug-likeness (QED) is 0.775. The fourth-order valence-electron chi connectivity index (χ4n) is 2.16. The van der Waals surface area contributed by atoms with Gasteiger partial charge in [0.15, 0.2) is 0 Å². The monoisotopic (exact) mass is 292 g/mol. The van der Waals surface area contributed by atoms with Gasteiger partial charge in [0, 0.05) is 11.1 Å². The zero-order chi connectivity index (χ0) is 15.4. The Morgan fingerprint density at radius 2 is 1.73 bits per heavy atom. The summed E-state index contributed by atoms with van der Waals surface area (Å²) in [5.41, 5.74) is 1.62. The number of anilines is 2. The Kier molecular flexibility index (Phi) is 3.96. The van der Waals surface area contributed by atoms with Gasteiger partial charge in [-0.15, -0.1) is 0 Å². The number of rotatable bonds is 4. The van der Waals surface area contributed by atoms with Gasteiger partial charge in [0.05, 0.1) is 5.52 Å². The SMILES string of the molecule is CC(Nc1ncnc2ccccc12)C(=O)Nc1ccccc1. The summed E-state index contributed by atoms with van der Waals surface area (Å²) >= 11 is 0. The zero-order valence-electron chi connectivity index (χ0n) is 12.2. The smallest absolute Gasteiger partial charge is 0.246 e. The van der Waals surface area contributed by atoms with Gasteiger partial charge in [0.25, 0.3) is 0 Å². The first-order chi connectivity index (χ1) is 10.7. The average Bonchev–Trinajstić information content (AvgIpc) is 2.56. The maximum absolute atomic E-state index is 12.2. The van der Waals surface area contributed by atoms with Crippen LogP contribution < -0.4 is 10.6 Å². The topological polar surface area (TPSA) is 66.9 Å². The van der Waals surface area contributed by atoms with Crippen LogP contribution in [-0.2, 0) is 4.79 Å². The van der Waals surface area contributed by atoms with E-state index in [-0.39, 0.29) is 5.91 Å². The lowest BCUT2D eigenvalue weighted by Crippen LogP contribution is -2.32. The minimum atomic E-state index is -0.418. The number of fused-ring (bicyclic) bond motifs is 1. The molecule has 0 bridgehead atoms. The molecule has 5 nitrogen and oxygen atoms in total. The first kappa shape index (κ1) is 14.0. The Morgan fingerprint density at radius 3 is 2.55 bits per heavy atom. The summed E-state index contributed by atoms with van der Waals surface area (Å²) in [6.45, 7) is 1.80. The third-order valence-corrected chi connectivity index (χ3v) is 3.33. The van der Waals surface area contributed by atoms with Gasteiger partial charge in [0.2, 0.25) is 5.91 Å². The Hall–Kier alpha value is -2.95. The molecule has 22 heavy (non-hydrogen) atoms. The van der Waals surface area contributed by atoms with Crippen LogP contribution in [-0.4, -0.2) is 21.9 Å². The van der Waals surface area contributed by atoms with Crippen molar-refractivity contribution in [2.45, 2.75) is 13.0 Å². The van der Waals surface area contributed by atoms with E-state index < -0.39 is 6.04 Å². The van der Waals surface area contributed by atoms with Crippen molar-refractivity contribution >= 4 is 28.3 Å². The fraction of sp³-hybridized carbons (Fsp3) is 0.118. The molecule has 0 spiro atoms. The lowest BCUT2D eigenvalue weighted by Gasteiger charge is -2.15. The predicted molar refractivity (Wildman–Crippen MR) is 87.7 cm³/mol. The minimum Gasteiger partial charge on any atom is -0.358 e. The molecule has 5 heteroatoms. The van der Waals surface area contributed by atoms with Crippen molar-refractivity contribution in [2.24, 2.45) is 0 Å². The second-order valence-corrected chi connectivity index (χ2v) is 4.96. The molecule has 0 aliphatic rings. The van der Waals surface area contributed by atoms with Gasteiger partial charge < -0.3 is 10.6 Å². The van der Waals surface area contributed by atoms with Crippen LogP contribution >= 0.6 is 0 Å². The van der Waals surface area contributed by atoms with Crippen LogP contribution in [0.25, 0.3) is 10.9 Å². The maximum Gasteiger partial charge on any atom is 0.246 e. The molecular weight excluding hydrogens is 276 g/mol. The number of nitrogens with zero attached hydrogens (tertiary/aromatic N) is 2. The van der Waals surface area contributed by atoms with Gasteiger partial charge in [-0.05, 0) is 31.2 Å². The van der Waals surface area contributed by atoms with E-state index in [1.165, 1.54) is 6.33 Å². The minimum absolute atomic E-state index is 0.117. The summed E-state index contributed by atoms with van der Waals surface area (Å²) in [6.07, 6.45) is 1.49. The standard InChI is InChI=1S/C17H16N4O/c1-12(17(22)21-13-7-3-2-4-8-13)20-16-14-9-5-6-10-15(14)18-11-19-16/h2-12H,1H3,(H,21,22)(H,18,19,20). The van der Waals surface area contributed by atoms with Gasteiger partial charge in [-0.25, -0.2) is 9.97 Å². The van der Waals surface area contributed by atoms with Crippen LogP contribution in [0.3, 0.4) is 0 Å². The number of nitrogens with one attached hydrogen (secondary N) is 2. The molecule has 0 aliphatic carbocycles. The van der Waals surface area contributed by atoms with Gasteiger partial charge in [-0.2, -0.15) is 0 Å². The van der Waals surface area contributed by atoms with E-state index in [4.69, 9.17) is 0 Å². The Labute approximate surface area is 128 Å².